The quantitative estimate of drug-likeness (QED) is 0.508. The molecule has 4 nitrogen and oxygen atoms in total. The van der Waals surface area contributed by atoms with Gasteiger partial charge in [0, 0.05) is 5.75 Å². The SMILES string of the molecule is CC(SSCCC(=O)O)C(=O)O. The predicted molar refractivity (Wildman–Crippen MR) is 49.4 cm³/mol. The van der Waals surface area contributed by atoms with Gasteiger partial charge >= 0.3 is 11.9 Å². The van der Waals surface area contributed by atoms with E-state index in [0.29, 0.717) is 5.75 Å². The van der Waals surface area contributed by atoms with Gasteiger partial charge in [0.05, 0.1) is 6.42 Å². The summed E-state index contributed by atoms with van der Waals surface area (Å²) in [6, 6.07) is 0. The molecule has 0 aliphatic rings. The Hall–Kier alpha value is -0.360. The van der Waals surface area contributed by atoms with Gasteiger partial charge in [-0.3, -0.25) is 9.59 Å². The Balaban J connectivity index is 3.31. The average molecular weight is 210 g/mol. The van der Waals surface area contributed by atoms with Crippen LogP contribution >= 0.6 is 21.6 Å². The fourth-order valence-corrected chi connectivity index (χ4v) is 2.36. The molecule has 0 rings (SSSR count). The minimum Gasteiger partial charge on any atom is -0.481 e. The van der Waals surface area contributed by atoms with Crippen LogP contribution in [0.2, 0.25) is 0 Å². The minimum absolute atomic E-state index is 0.0734. The van der Waals surface area contributed by atoms with Crippen LogP contribution in [0.3, 0.4) is 0 Å². The van der Waals surface area contributed by atoms with Crippen LogP contribution in [0, 0.1) is 0 Å². The molecule has 12 heavy (non-hydrogen) atoms. The molecule has 0 heterocycles. The maximum Gasteiger partial charge on any atom is 0.317 e. The Morgan fingerprint density at radius 1 is 1.42 bits per heavy atom. The number of rotatable bonds is 6. The molecule has 0 aliphatic heterocycles. The molecular weight excluding hydrogens is 200 g/mol. The van der Waals surface area contributed by atoms with Crippen molar-refractivity contribution in [2.75, 3.05) is 5.75 Å². The molecule has 6 heteroatoms. The lowest BCUT2D eigenvalue weighted by Crippen LogP contribution is -2.10. The van der Waals surface area contributed by atoms with Crippen molar-refractivity contribution in [3.05, 3.63) is 0 Å². The van der Waals surface area contributed by atoms with Gasteiger partial charge in [-0.15, -0.1) is 0 Å². The number of carboxylic acid groups (broad SMARTS) is 2. The summed E-state index contributed by atoms with van der Waals surface area (Å²) in [6.07, 6.45) is 0.0734. The number of hydrogen-bond donors (Lipinski definition) is 2. The van der Waals surface area contributed by atoms with Crippen molar-refractivity contribution in [2.24, 2.45) is 0 Å². The summed E-state index contributed by atoms with van der Waals surface area (Å²) < 4.78 is 0. The molecule has 0 aromatic carbocycles. The average Bonchev–Trinajstić information content (AvgIpc) is 1.97. The van der Waals surface area contributed by atoms with E-state index < -0.39 is 17.2 Å². The van der Waals surface area contributed by atoms with Crippen molar-refractivity contribution in [3.8, 4) is 0 Å². The molecule has 0 radical (unpaired) electrons. The molecule has 0 fully saturated rings. The molecule has 0 spiro atoms. The highest BCUT2D eigenvalue weighted by molar-refractivity contribution is 8.77. The second-order valence-electron chi connectivity index (χ2n) is 2.04. The molecule has 0 amide bonds. The van der Waals surface area contributed by atoms with Crippen LogP contribution in [-0.4, -0.2) is 33.2 Å². The summed E-state index contributed by atoms with van der Waals surface area (Å²) in [7, 11) is 2.45. The monoisotopic (exact) mass is 210 g/mol. The normalized spacial score (nSPS) is 12.4. The van der Waals surface area contributed by atoms with Crippen LogP contribution in [0.25, 0.3) is 0 Å². The zero-order valence-corrected chi connectivity index (χ0v) is 8.15. The number of carbonyl (C=O) groups is 2. The van der Waals surface area contributed by atoms with Crippen molar-refractivity contribution in [3.63, 3.8) is 0 Å². The molecule has 0 aliphatic carbocycles. The van der Waals surface area contributed by atoms with Gasteiger partial charge in [-0.05, 0) is 6.92 Å². The zero-order valence-electron chi connectivity index (χ0n) is 6.52. The molecule has 0 saturated heterocycles. The summed E-state index contributed by atoms with van der Waals surface area (Å²) in [4.78, 5) is 20.3. The van der Waals surface area contributed by atoms with E-state index in [-0.39, 0.29) is 6.42 Å². The first kappa shape index (κ1) is 11.6. The van der Waals surface area contributed by atoms with Gasteiger partial charge in [-0.25, -0.2) is 0 Å². The highest BCUT2D eigenvalue weighted by atomic mass is 33.1. The van der Waals surface area contributed by atoms with E-state index in [1.807, 2.05) is 0 Å². The first-order chi connectivity index (χ1) is 5.54. The van der Waals surface area contributed by atoms with Gasteiger partial charge in [0.2, 0.25) is 0 Å². The highest BCUT2D eigenvalue weighted by Gasteiger charge is 2.11. The van der Waals surface area contributed by atoms with Gasteiger partial charge in [-0.1, -0.05) is 21.6 Å². The summed E-state index contributed by atoms with van der Waals surface area (Å²) in [5, 5.41) is 16.2. The Labute approximate surface area is 78.1 Å². The van der Waals surface area contributed by atoms with Gasteiger partial charge in [0.15, 0.2) is 0 Å². The molecule has 0 bridgehead atoms. The Bertz CT molecular complexity index is 171. The summed E-state index contributed by atoms with van der Waals surface area (Å²) >= 11 is 0. The van der Waals surface area contributed by atoms with Crippen LogP contribution < -0.4 is 0 Å². The largest absolute Gasteiger partial charge is 0.481 e. The van der Waals surface area contributed by atoms with Crippen molar-refractivity contribution in [1.82, 2.24) is 0 Å². The third-order valence-electron chi connectivity index (χ3n) is 0.959. The lowest BCUT2D eigenvalue weighted by atomic mass is 10.5. The van der Waals surface area contributed by atoms with E-state index >= 15 is 0 Å². The van der Waals surface area contributed by atoms with Crippen LogP contribution in [0.5, 0.6) is 0 Å². The van der Waals surface area contributed by atoms with Gasteiger partial charge in [0.1, 0.15) is 5.25 Å². The first-order valence-electron chi connectivity index (χ1n) is 3.27. The summed E-state index contributed by atoms with van der Waals surface area (Å²) in [5.74, 6) is -1.29. The minimum atomic E-state index is -0.872. The van der Waals surface area contributed by atoms with E-state index in [4.69, 9.17) is 10.2 Å². The fraction of sp³-hybridized carbons (Fsp3) is 0.667. The predicted octanol–water partition coefficient (Wildman–Crippen LogP) is 1.32. The number of hydrogen-bond acceptors (Lipinski definition) is 4. The lowest BCUT2D eigenvalue weighted by molar-refractivity contribution is -0.137. The lowest BCUT2D eigenvalue weighted by Gasteiger charge is -2.02. The molecule has 2 N–H and O–H groups in total. The third kappa shape index (κ3) is 6.36. The Kier molecular flexibility index (Phi) is 6.00. The van der Waals surface area contributed by atoms with E-state index in [1.54, 1.807) is 6.92 Å². The highest BCUT2D eigenvalue weighted by Crippen LogP contribution is 2.26. The van der Waals surface area contributed by atoms with Crippen molar-refractivity contribution in [2.45, 2.75) is 18.6 Å². The van der Waals surface area contributed by atoms with E-state index in [2.05, 4.69) is 0 Å². The van der Waals surface area contributed by atoms with Crippen molar-refractivity contribution < 1.29 is 19.8 Å². The molecule has 1 unspecified atom stereocenters. The molecule has 1 atom stereocenters. The van der Waals surface area contributed by atoms with E-state index in [1.165, 1.54) is 21.6 Å². The van der Waals surface area contributed by atoms with Crippen molar-refractivity contribution in [1.29, 1.82) is 0 Å². The van der Waals surface area contributed by atoms with Gasteiger partial charge in [0.25, 0.3) is 0 Å². The van der Waals surface area contributed by atoms with Crippen LogP contribution in [0.4, 0.5) is 0 Å². The zero-order chi connectivity index (χ0) is 9.56. The summed E-state index contributed by atoms with van der Waals surface area (Å²) in [6.45, 7) is 1.57. The second kappa shape index (κ2) is 6.19. The second-order valence-corrected chi connectivity index (χ2v) is 4.87. The van der Waals surface area contributed by atoms with Crippen molar-refractivity contribution >= 4 is 33.5 Å². The Morgan fingerprint density at radius 3 is 2.42 bits per heavy atom. The molecular formula is C6H10O4S2. The molecule has 0 aromatic heterocycles. The Morgan fingerprint density at radius 2 is 2.00 bits per heavy atom. The summed E-state index contributed by atoms with van der Waals surface area (Å²) in [5.41, 5.74) is 0. The maximum atomic E-state index is 10.3. The van der Waals surface area contributed by atoms with Crippen LogP contribution in [-0.2, 0) is 9.59 Å². The standard InChI is InChI=1S/C6H10O4S2/c1-4(6(9)10)12-11-3-2-5(7)8/h4H,2-3H2,1H3,(H,7,8)(H,9,10). The van der Waals surface area contributed by atoms with E-state index in [9.17, 15) is 9.59 Å². The van der Waals surface area contributed by atoms with Crippen LogP contribution in [0.1, 0.15) is 13.3 Å². The van der Waals surface area contributed by atoms with Gasteiger partial charge in [-0.2, -0.15) is 0 Å². The maximum absolute atomic E-state index is 10.3. The third-order valence-corrected chi connectivity index (χ3v) is 3.73. The van der Waals surface area contributed by atoms with E-state index in [0.717, 1.165) is 0 Å². The number of carboxylic acids is 2. The smallest absolute Gasteiger partial charge is 0.317 e. The fourth-order valence-electron chi connectivity index (χ4n) is 0.320. The number of aliphatic carboxylic acids is 2. The van der Waals surface area contributed by atoms with Gasteiger partial charge < -0.3 is 10.2 Å². The molecule has 70 valence electrons. The molecule has 0 aromatic rings. The molecule has 0 saturated carbocycles. The topological polar surface area (TPSA) is 74.6 Å². The first-order valence-corrected chi connectivity index (χ1v) is 5.65. The van der Waals surface area contributed by atoms with Crippen LogP contribution in [0.15, 0.2) is 0 Å².